The highest BCUT2D eigenvalue weighted by Crippen LogP contribution is 2.27. The lowest BCUT2D eigenvalue weighted by molar-refractivity contribution is -0.116. The highest BCUT2D eigenvalue weighted by atomic mass is 16.5. The zero-order valence-electron chi connectivity index (χ0n) is 12.6. The molecule has 4 heteroatoms. The van der Waals surface area contributed by atoms with Gasteiger partial charge in [-0.05, 0) is 56.2 Å². The van der Waals surface area contributed by atoms with Gasteiger partial charge in [-0.15, -0.1) is 0 Å². The van der Waals surface area contributed by atoms with Crippen LogP contribution in [0.5, 0.6) is 5.75 Å². The number of hydrogen-bond acceptors (Lipinski definition) is 3. The molecule has 1 amide bonds. The number of benzene rings is 2. The van der Waals surface area contributed by atoms with Crippen molar-refractivity contribution < 1.29 is 14.3 Å². The fourth-order valence-corrected chi connectivity index (χ4v) is 2.68. The molecule has 112 valence electrons. The number of fused-ring (bicyclic) bond motifs is 1. The minimum Gasteiger partial charge on any atom is -0.423 e. The third kappa shape index (κ3) is 3.01. The molecule has 0 saturated heterocycles. The molecule has 0 saturated carbocycles. The summed E-state index contributed by atoms with van der Waals surface area (Å²) in [4.78, 5) is 23.6. The molecule has 0 bridgehead atoms. The topological polar surface area (TPSA) is 55.4 Å². The first-order valence-electron chi connectivity index (χ1n) is 7.24. The largest absolute Gasteiger partial charge is 0.423 e. The number of amides is 1. The molecule has 22 heavy (non-hydrogen) atoms. The van der Waals surface area contributed by atoms with Crippen LogP contribution in [-0.2, 0) is 11.2 Å². The van der Waals surface area contributed by atoms with E-state index in [9.17, 15) is 9.59 Å². The predicted octanol–water partition coefficient (Wildman–Crippen LogP) is 3.41. The van der Waals surface area contributed by atoms with Crippen LogP contribution in [-0.4, -0.2) is 11.9 Å². The Balaban J connectivity index is 1.81. The lowest BCUT2D eigenvalue weighted by Gasteiger charge is -2.17. The molecule has 0 aromatic heterocycles. The quantitative estimate of drug-likeness (QED) is 0.682. The van der Waals surface area contributed by atoms with Gasteiger partial charge in [0.05, 0.1) is 5.56 Å². The van der Waals surface area contributed by atoms with Crippen molar-refractivity contribution in [2.75, 3.05) is 5.32 Å². The smallest absolute Gasteiger partial charge is 0.343 e. The maximum Gasteiger partial charge on any atom is 0.343 e. The van der Waals surface area contributed by atoms with Gasteiger partial charge in [0.25, 0.3) is 0 Å². The molecule has 0 spiro atoms. The van der Waals surface area contributed by atoms with E-state index in [2.05, 4.69) is 5.32 Å². The van der Waals surface area contributed by atoms with Crippen LogP contribution in [0.25, 0.3) is 0 Å². The van der Waals surface area contributed by atoms with Crippen LogP contribution in [0.15, 0.2) is 36.4 Å². The first-order chi connectivity index (χ1) is 10.5. The summed E-state index contributed by atoms with van der Waals surface area (Å²) < 4.78 is 5.45. The number of carbonyl (C=O) groups excluding carboxylic acids is 2. The van der Waals surface area contributed by atoms with E-state index in [0.717, 1.165) is 22.4 Å². The standard InChI is InChI=1S/C18H17NO3/c1-11-7-12(2)9-14(8-11)18(21)22-15-4-5-16-13(10-15)3-6-17(20)19-16/h4-5,7-10H,3,6H2,1-2H3,(H,19,20). The lowest BCUT2D eigenvalue weighted by atomic mass is 10.0. The van der Waals surface area contributed by atoms with Gasteiger partial charge in [-0.2, -0.15) is 0 Å². The molecule has 2 aromatic carbocycles. The summed E-state index contributed by atoms with van der Waals surface area (Å²) in [5.74, 6) is 0.151. The van der Waals surface area contributed by atoms with E-state index in [-0.39, 0.29) is 11.9 Å². The van der Waals surface area contributed by atoms with Crippen molar-refractivity contribution in [2.45, 2.75) is 26.7 Å². The minimum atomic E-state index is -0.369. The molecule has 0 fully saturated rings. The Kier molecular flexibility index (Phi) is 3.67. The lowest BCUT2D eigenvalue weighted by Crippen LogP contribution is -2.19. The molecule has 2 aromatic rings. The van der Waals surface area contributed by atoms with E-state index in [4.69, 9.17) is 4.74 Å². The summed E-state index contributed by atoms with van der Waals surface area (Å²) in [7, 11) is 0. The normalized spacial score (nSPS) is 13.3. The number of rotatable bonds is 2. The van der Waals surface area contributed by atoms with Crippen LogP contribution in [0.2, 0.25) is 0 Å². The van der Waals surface area contributed by atoms with E-state index in [0.29, 0.717) is 24.2 Å². The van der Waals surface area contributed by atoms with Gasteiger partial charge < -0.3 is 10.1 Å². The zero-order valence-corrected chi connectivity index (χ0v) is 12.6. The second-order valence-electron chi connectivity index (χ2n) is 5.63. The average molecular weight is 295 g/mol. The molecule has 0 radical (unpaired) electrons. The maximum atomic E-state index is 12.2. The van der Waals surface area contributed by atoms with Crippen LogP contribution >= 0.6 is 0 Å². The van der Waals surface area contributed by atoms with E-state index in [1.165, 1.54) is 0 Å². The Hall–Kier alpha value is -2.62. The Labute approximate surface area is 129 Å². The summed E-state index contributed by atoms with van der Waals surface area (Å²) in [6.07, 6.45) is 1.12. The Morgan fingerprint density at radius 2 is 1.77 bits per heavy atom. The molecule has 1 aliphatic heterocycles. The number of anilines is 1. The molecule has 1 N–H and O–H groups in total. The van der Waals surface area contributed by atoms with Crippen LogP contribution < -0.4 is 10.1 Å². The van der Waals surface area contributed by atoms with Crippen molar-refractivity contribution in [3.8, 4) is 5.75 Å². The average Bonchev–Trinajstić information content (AvgIpc) is 2.46. The van der Waals surface area contributed by atoms with Gasteiger partial charge in [0.15, 0.2) is 0 Å². The second kappa shape index (κ2) is 5.64. The van der Waals surface area contributed by atoms with Crippen LogP contribution in [0.4, 0.5) is 5.69 Å². The van der Waals surface area contributed by atoms with Crippen LogP contribution in [0.3, 0.4) is 0 Å². The SMILES string of the molecule is Cc1cc(C)cc(C(=O)Oc2ccc3c(c2)CCC(=O)N3)c1. The summed E-state index contributed by atoms with van der Waals surface area (Å²) in [6.45, 7) is 3.90. The number of hydrogen-bond donors (Lipinski definition) is 1. The first kappa shape index (κ1) is 14.3. The maximum absolute atomic E-state index is 12.2. The van der Waals surface area contributed by atoms with Gasteiger partial charge in [0.2, 0.25) is 5.91 Å². The van der Waals surface area contributed by atoms with Gasteiger partial charge in [-0.3, -0.25) is 4.79 Å². The Morgan fingerprint density at radius 1 is 1.05 bits per heavy atom. The van der Waals surface area contributed by atoms with Gasteiger partial charge in [0.1, 0.15) is 5.75 Å². The van der Waals surface area contributed by atoms with Gasteiger partial charge in [0, 0.05) is 12.1 Å². The third-order valence-corrected chi connectivity index (χ3v) is 3.64. The molecule has 1 heterocycles. The molecule has 0 atom stereocenters. The van der Waals surface area contributed by atoms with E-state index < -0.39 is 0 Å². The number of carbonyl (C=O) groups is 2. The number of ether oxygens (including phenoxy) is 1. The zero-order chi connectivity index (χ0) is 15.7. The van der Waals surface area contributed by atoms with Crippen molar-refractivity contribution in [3.63, 3.8) is 0 Å². The monoisotopic (exact) mass is 295 g/mol. The van der Waals surface area contributed by atoms with Gasteiger partial charge in [-0.1, -0.05) is 17.2 Å². The predicted molar refractivity (Wildman–Crippen MR) is 84.3 cm³/mol. The number of nitrogens with one attached hydrogen (secondary N) is 1. The molecular formula is C18H17NO3. The van der Waals surface area contributed by atoms with E-state index in [1.807, 2.05) is 38.1 Å². The summed E-state index contributed by atoms with van der Waals surface area (Å²) in [5.41, 5.74) is 4.39. The fraction of sp³-hybridized carbons (Fsp3) is 0.222. The highest BCUT2D eigenvalue weighted by Gasteiger charge is 2.16. The summed E-state index contributed by atoms with van der Waals surface area (Å²) >= 11 is 0. The van der Waals surface area contributed by atoms with E-state index >= 15 is 0 Å². The second-order valence-corrected chi connectivity index (χ2v) is 5.63. The molecule has 0 unspecified atom stereocenters. The molecule has 0 aliphatic carbocycles. The number of esters is 1. The van der Waals surface area contributed by atoms with Crippen molar-refractivity contribution in [1.29, 1.82) is 0 Å². The molecular weight excluding hydrogens is 278 g/mol. The van der Waals surface area contributed by atoms with Crippen molar-refractivity contribution in [1.82, 2.24) is 0 Å². The molecule has 4 nitrogen and oxygen atoms in total. The van der Waals surface area contributed by atoms with Crippen LogP contribution in [0, 0.1) is 13.8 Å². The van der Waals surface area contributed by atoms with Gasteiger partial charge in [-0.25, -0.2) is 4.79 Å². The third-order valence-electron chi connectivity index (χ3n) is 3.64. The first-order valence-corrected chi connectivity index (χ1v) is 7.24. The van der Waals surface area contributed by atoms with E-state index in [1.54, 1.807) is 12.1 Å². The van der Waals surface area contributed by atoms with Crippen molar-refractivity contribution in [2.24, 2.45) is 0 Å². The van der Waals surface area contributed by atoms with Crippen LogP contribution in [0.1, 0.15) is 33.5 Å². The Bertz CT molecular complexity index is 745. The van der Waals surface area contributed by atoms with Crippen molar-refractivity contribution >= 4 is 17.6 Å². The number of aryl methyl sites for hydroxylation is 3. The minimum absolute atomic E-state index is 0.0208. The fourth-order valence-electron chi connectivity index (χ4n) is 2.68. The summed E-state index contributed by atoms with van der Waals surface area (Å²) in [5, 5.41) is 2.81. The summed E-state index contributed by atoms with van der Waals surface area (Å²) in [6, 6.07) is 10.9. The molecule has 3 rings (SSSR count). The van der Waals surface area contributed by atoms with Crippen molar-refractivity contribution in [3.05, 3.63) is 58.7 Å². The molecule has 1 aliphatic rings. The Morgan fingerprint density at radius 3 is 2.50 bits per heavy atom. The highest BCUT2D eigenvalue weighted by molar-refractivity contribution is 5.94. The van der Waals surface area contributed by atoms with Gasteiger partial charge >= 0.3 is 5.97 Å².